The molecule has 0 unspecified atom stereocenters. The minimum atomic E-state index is -0.816. The van der Waals surface area contributed by atoms with Gasteiger partial charge in [0, 0.05) is 15.8 Å². The molecule has 1 aromatic carbocycles. The Labute approximate surface area is 133 Å². The van der Waals surface area contributed by atoms with Crippen molar-refractivity contribution < 1.29 is 24.1 Å². The van der Waals surface area contributed by atoms with Crippen molar-refractivity contribution in [3.63, 3.8) is 0 Å². The van der Waals surface area contributed by atoms with E-state index in [1.165, 1.54) is 30.2 Å². The largest absolute Gasteiger partial charge is 0.514 e. The van der Waals surface area contributed by atoms with Crippen LogP contribution < -0.4 is 9.47 Å². The molecular formula is C16H18O5S. The predicted molar refractivity (Wildman–Crippen MR) is 83.9 cm³/mol. The zero-order chi connectivity index (χ0) is 16.1. The lowest BCUT2D eigenvalue weighted by molar-refractivity contribution is 0.0936. The Morgan fingerprint density at radius 3 is 2.64 bits per heavy atom. The van der Waals surface area contributed by atoms with E-state index < -0.39 is 6.16 Å². The van der Waals surface area contributed by atoms with E-state index in [-0.39, 0.29) is 18.1 Å². The second-order valence-corrected chi connectivity index (χ2v) is 6.13. The van der Waals surface area contributed by atoms with Gasteiger partial charge in [-0.15, -0.1) is 11.3 Å². The highest BCUT2D eigenvalue weighted by Crippen LogP contribution is 2.30. The highest BCUT2D eigenvalue weighted by Gasteiger charge is 2.11. The van der Waals surface area contributed by atoms with Crippen molar-refractivity contribution in [2.45, 2.75) is 26.4 Å². The molecule has 0 fully saturated rings. The van der Waals surface area contributed by atoms with Gasteiger partial charge in [0.15, 0.2) is 11.5 Å². The number of hydrogen-bond acceptors (Lipinski definition) is 6. The third-order valence-corrected chi connectivity index (χ3v) is 4.29. The summed E-state index contributed by atoms with van der Waals surface area (Å²) in [4.78, 5) is 13.8. The van der Waals surface area contributed by atoms with E-state index in [9.17, 15) is 9.90 Å². The topological polar surface area (TPSA) is 65.0 Å². The van der Waals surface area contributed by atoms with Gasteiger partial charge in [0.25, 0.3) is 0 Å². The molecule has 2 rings (SSSR count). The summed E-state index contributed by atoms with van der Waals surface area (Å²) in [6.07, 6.45) is -0.816. The average molecular weight is 322 g/mol. The van der Waals surface area contributed by atoms with Gasteiger partial charge in [0.1, 0.15) is 12.4 Å². The Hall–Kier alpha value is -2.21. The first kappa shape index (κ1) is 16.2. The summed E-state index contributed by atoms with van der Waals surface area (Å²) in [5, 5.41) is 9.61. The summed E-state index contributed by atoms with van der Waals surface area (Å²) >= 11 is 1.61. The number of thiophene rings is 1. The van der Waals surface area contributed by atoms with E-state index >= 15 is 0 Å². The van der Waals surface area contributed by atoms with Crippen molar-refractivity contribution in [1.82, 2.24) is 0 Å². The number of phenolic OH excluding ortho intramolecular Hbond substituents is 1. The van der Waals surface area contributed by atoms with Crippen LogP contribution in [-0.2, 0) is 11.3 Å². The number of phenols is 1. The van der Waals surface area contributed by atoms with Crippen molar-refractivity contribution in [2.75, 3.05) is 7.11 Å². The van der Waals surface area contributed by atoms with Gasteiger partial charge in [-0.25, -0.2) is 4.79 Å². The first-order valence-corrected chi connectivity index (χ1v) is 7.61. The molecule has 0 spiro atoms. The highest BCUT2D eigenvalue weighted by atomic mass is 32.1. The van der Waals surface area contributed by atoms with E-state index in [1.807, 2.05) is 12.1 Å². The smallest absolute Gasteiger partial charge is 0.504 e. The van der Waals surface area contributed by atoms with Crippen molar-refractivity contribution in [3.8, 4) is 17.2 Å². The Kier molecular flexibility index (Phi) is 5.27. The molecule has 1 N–H and O–H groups in total. The van der Waals surface area contributed by atoms with Crippen LogP contribution in [0.15, 0.2) is 30.3 Å². The lowest BCUT2D eigenvalue weighted by Gasteiger charge is -2.07. The lowest BCUT2D eigenvalue weighted by Crippen LogP contribution is -2.09. The van der Waals surface area contributed by atoms with E-state index in [1.54, 1.807) is 11.3 Å². The highest BCUT2D eigenvalue weighted by molar-refractivity contribution is 7.12. The minimum absolute atomic E-state index is 0.104. The molecule has 6 heteroatoms. The fourth-order valence-corrected chi connectivity index (χ4v) is 2.70. The van der Waals surface area contributed by atoms with E-state index in [2.05, 4.69) is 13.8 Å². The summed E-state index contributed by atoms with van der Waals surface area (Å²) in [7, 11) is 1.44. The van der Waals surface area contributed by atoms with Crippen LogP contribution in [-0.4, -0.2) is 18.4 Å². The van der Waals surface area contributed by atoms with Crippen LogP contribution in [0, 0.1) is 0 Å². The van der Waals surface area contributed by atoms with Gasteiger partial charge >= 0.3 is 6.16 Å². The first-order valence-electron chi connectivity index (χ1n) is 6.80. The molecular weight excluding hydrogens is 304 g/mol. The Morgan fingerprint density at radius 1 is 1.27 bits per heavy atom. The van der Waals surface area contributed by atoms with Crippen molar-refractivity contribution in [2.24, 2.45) is 0 Å². The Bertz CT molecular complexity index is 648. The average Bonchev–Trinajstić information content (AvgIpc) is 2.94. The fraction of sp³-hybridized carbons (Fsp3) is 0.312. The van der Waals surface area contributed by atoms with Crippen LogP contribution in [0.4, 0.5) is 4.79 Å². The summed E-state index contributed by atoms with van der Waals surface area (Å²) in [6.45, 7) is 4.39. The monoisotopic (exact) mass is 322 g/mol. The van der Waals surface area contributed by atoms with Crippen LogP contribution in [0.1, 0.15) is 29.5 Å². The summed E-state index contributed by atoms with van der Waals surface area (Å²) in [5.74, 6) is 0.846. The molecule has 1 aromatic heterocycles. The molecule has 118 valence electrons. The van der Waals surface area contributed by atoms with E-state index in [0.717, 1.165) is 4.88 Å². The van der Waals surface area contributed by atoms with Gasteiger partial charge in [-0.2, -0.15) is 0 Å². The van der Waals surface area contributed by atoms with Gasteiger partial charge in [0.2, 0.25) is 0 Å². The molecule has 5 nitrogen and oxygen atoms in total. The first-order chi connectivity index (χ1) is 10.5. The molecule has 2 aromatic rings. The van der Waals surface area contributed by atoms with Crippen LogP contribution in [0.3, 0.4) is 0 Å². The van der Waals surface area contributed by atoms with Crippen LogP contribution >= 0.6 is 11.3 Å². The molecule has 0 bridgehead atoms. The second-order valence-electron chi connectivity index (χ2n) is 4.93. The lowest BCUT2D eigenvalue weighted by atomic mass is 10.2. The van der Waals surface area contributed by atoms with Crippen molar-refractivity contribution in [3.05, 3.63) is 40.1 Å². The maximum atomic E-state index is 11.6. The molecule has 0 aliphatic carbocycles. The number of rotatable bonds is 5. The van der Waals surface area contributed by atoms with E-state index in [4.69, 9.17) is 14.2 Å². The van der Waals surface area contributed by atoms with E-state index in [0.29, 0.717) is 11.7 Å². The molecule has 0 atom stereocenters. The Balaban J connectivity index is 1.88. The number of carbonyl (C=O) groups excluding carboxylic acids is 1. The number of benzene rings is 1. The van der Waals surface area contributed by atoms with Crippen molar-refractivity contribution in [1.29, 1.82) is 0 Å². The fourth-order valence-electron chi connectivity index (χ4n) is 1.77. The summed E-state index contributed by atoms with van der Waals surface area (Å²) in [5.41, 5.74) is 0. The third-order valence-electron chi connectivity index (χ3n) is 2.94. The summed E-state index contributed by atoms with van der Waals surface area (Å²) < 4.78 is 15.0. The standard InChI is InChI=1S/C16H18O5S/c1-10(2)15-7-5-12(22-15)9-20-16(18)21-11-4-6-14(19-3)13(17)8-11/h4-8,10,17H,9H2,1-3H3. The minimum Gasteiger partial charge on any atom is -0.504 e. The van der Waals surface area contributed by atoms with Gasteiger partial charge < -0.3 is 19.3 Å². The van der Waals surface area contributed by atoms with Crippen LogP contribution in [0.25, 0.3) is 0 Å². The molecule has 0 aliphatic heterocycles. The number of carbonyl (C=O) groups is 1. The maximum Gasteiger partial charge on any atom is 0.514 e. The normalized spacial score (nSPS) is 10.5. The molecule has 0 amide bonds. The zero-order valence-corrected chi connectivity index (χ0v) is 13.5. The van der Waals surface area contributed by atoms with Crippen LogP contribution in [0.2, 0.25) is 0 Å². The molecule has 0 saturated heterocycles. The van der Waals surface area contributed by atoms with Gasteiger partial charge in [-0.05, 0) is 30.2 Å². The van der Waals surface area contributed by atoms with Gasteiger partial charge in [0.05, 0.1) is 7.11 Å². The molecule has 22 heavy (non-hydrogen) atoms. The second kappa shape index (κ2) is 7.17. The molecule has 0 radical (unpaired) electrons. The number of hydrogen-bond donors (Lipinski definition) is 1. The number of methoxy groups -OCH3 is 1. The maximum absolute atomic E-state index is 11.6. The van der Waals surface area contributed by atoms with Crippen molar-refractivity contribution >= 4 is 17.5 Å². The van der Waals surface area contributed by atoms with Gasteiger partial charge in [-0.3, -0.25) is 0 Å². The Morgan fingerprint density at radius 2 is 2.05 bits per heavy atom. The summed E-state index contributed by atoms with van der Waals surface area (Å²) in [6, 6.07) is 8.28. The molecule has 0 saturated carbocycles. The molecule has 0 aliphatic rings. The zero-order valence-electron chi connectivity index (χ0n) is 12.7. The third kappa shape index (κ3) is 4.14. The van der Waals surface area contributed by atoms with Crippen LogP contribution in [0.5, 0.6) is 17.2 Å². The quantitative estimate of drug-likeness (QED) is 0.656. The van der Waals surface area contributed by atoms with Gasteiger partial charge in [-0.1, -0.05) is 13.8 Å². The number of ether oxygens (including phenoxy) is 3. The number of aromatic hydroxyl groups is 1. The SMILES string of the molecule is COc1ccc(OC(=O)OCc2ccc(C(C)C)s2)cc1O. The predicted octanol–water partition coefficient (Wildman–Crippen LogP) is 4.30. The molecule has 1 heterocycles.